The lowest BCUT2D eigenvalue weighted by Crippen LogP contribution is -2.03. The summed E-state index contributed by atoms with van der Waals surface area (Å²) in [6.45, 7) is 0. The zero-order valence-corrected chi connectivity index (χ0v) is 16.9. The van der Waals surface area contributed by atoms with Gasteiger partial charge in [-0.05, 0) is 30.3 Å². The first-order chi connectivity index (χ1) is 14.0. The van der Waals surface area contributed by atoms with Crippen molar-refractivity contribution in [2.45, 2.75) is 9.92 Å². The molecule has 29 heavy (non-hydrogen) atoms. The van der Waals surface area contributed by atoms with Gasteiger partial charge in [-0.15, -0.1) is 0 Å². The Kier molecular flexibility index (Phi) is 5.48. The Morgan fingerprint density at radius 2 is 1.76 bits per heavy atom. The normalized spacial score (nSPS) is 10.8. The number of aromatic nitrogens is 3. The zero-order chi connectivity index (χ0) is 20.4. The number of para-hydroxylation sites is 1. The first-order valence-electron chi connectivity index (χ1n) is 8.25. The number of fused-ring (bicyclic) bond motifs is 1. The molecular weight excluding hydrogens is 433 g/mol. The molecule has 4 rings (SSSR count). The van der Waals surface area contributed by atoms with Gasteiger partial charge >= 0.3 is 5.69 Å². The Bertz CT molecular complexity index is 1210. The van der Waals surface area contributed by atoms with Crippen LogP contribution in [0.4, 0.5) is 17.2 Å². The molecule has 144 valence electrons. The van der Waals surface area contributed by atoms with Gasteiger partial charge in [0.05, 0.1) is 10.4 Å². The Labute approximate surface area is 179 Å². The van der Waals surface area contributed by atoms with E-state index < -0.39 is 4.92 Å². The van der Waals surface area contributed by atoms with Crippen molar-refractivity contribution in [3.05, 3.63) is 81.2 Å². The van der Waals surface area contributed by atoms with Crippen molar-refractivity contribution < 1.29 is 4.92 Å². The van der Waals surface area contributed by atoms with Gasteiger partial charge in [-0.3, -0.25) is 15.1 Å². The number of hydrogen-bond donors (Lipinski definition) is 1. The summed E-state index contributed by atoms with van der Waals surface area (Å²) in [6.07, 6.45) is 2.94. The third-order valence-corrected chi connectivity index (χ3v) is 5.38. The fraction of sp³-hybridized carbons (Fsp3) is 0. The number of nitrogens with one attached hydrogen (secondary N) is 1. The van der Waals surface area contributed by atoms with Crippen LogP contribution in [0.5, 0.6) is 0 Å². The van der Waals surface area contributed by atoms with E-state index in [9.17, 15) is 10.1 Å². The molecule has 0 aliphatic heterocycles. The molecule has 0 amide bonds. The molecule has 10 heteroatoms. The molecule has 0 aliphatic carbocycles. The van der Waals surface area contributed by atoms with Crippen LogP contribution in [0, 0.1) is 10.1 Å². The number of hydrogen-bond acceptors (Lipinski definition) is 7. The van der Waals surface area contributed by atoms with Gasteiger partial charge in [0.15, 0.2) is 5.03 Å². The quantitative estimate of drug-likeness (QED) is 0.225. The largest absolute Gasteiger partial charge is 0.343 e. The van der Waals surface area contributed by atoms with E-state index >= 15 is 0 Å². The van der Waals surface area contributed by atoms with Crippen molar-refractivity contribution in [2.75, 3.05) is 5.32 Å². The van der Waals surface area contributed by atoms with Crippen LogP contribution in [0.2, 0.25) is 10.0 Å². The van der Waals surface area contributed by atoms with E-state index in [0.717, 1.165) is 27.6 Å². The lowest BCUT2D eigenvalue weighted by molar-refractivity contribution is -0.387. The summed E-state index contributed by atoms with van der Waals surface area (Å²) in [5.41, 5.74) is 0.970. The van der Waals surface area contributed by atoms with E-state index in [1.54, 1.807) is 24.4 Å². The standard InChI is InChI=1S/C19H11Cl2N5O2S/c20-12-7-13(21)9-14(8-12)25-18-17(26(27)28)19(24-10-23-18)29-15-5-1-3-11-4-2-6-22-16(11)15/h1-10H,(H,23,24,25). The average Bonchev–Trinajstić information content (AvgIpc) is 2.67. The minimum atomic E-state index is -0.518. The van der Waals surface area contributed by atoms with Crippen molar-refractivity contribution >= 4 is 63.1 Å². The third-order valence-electron chi connectivity index (χ3n) is 3.90. The molecular formula is C19H11Cl2N5O2S. The molecule has 2 aromatic heterocycles. The maximum Gasteiger partial charge on any atom is 0.343 e. The minimum Gasteiger partial charge on any atom is -0.334 e. The summed E-state index contributed by atoms with van der Waals surface area (Å²) in [4.78, 5) is 24.6. The topological polar surface area (TPSA) is 93.8 Å². The molecule has 4 aromatic rings. The van der Waals surface area contributed by atoms with Crippen LogP contribution >= 0.6 is 35.0 Å². The number of rotatable bonds is 5. The maximum atomic E-state index is 11.8. The van der Waals surface area contributed by atoms with Gasteiger partial charge in [-0.1, -0.05) is 53.2 Å². The number of anilines is 2. The van der Waals surface area contributed by atoms with Gasteiger partial charge in [0.25, 0.3) is 0 Å². The number of pyridine rings is 1. The van der Waals surface area contributed by atoms with Crippen LogP contribution in [0.25, 0.3) is 10.9 Å². The van der Waals surface area contributed by atoms with Crippen LogP contribution in [-0.2, 0) is 0 Å². The van der Waals surface area contributed by atoms with Crippen molar-refractivity contribution in [3.63, 3.8) is 0 Å². The summed E-state index contributed by atoms with van der Waals surface area (Å²) in [7, 11) is 0. The second kappa shape index (κ2) is 8.20. The summed E-state index contributed by atoms with van der Waals surface area (Å²) in [5.74, 6) is 0.0408. The molecule has 0 radical (unpaired) electrons. The van der Waals surface area contributed by atoms with Gasteiger partial charge in [-0.2, -0.15) is 0 Å². The molecule has 0 bridgehead atoms. The number of halogens is 2. The van der Waals surface area contributed by atoms with E-state index in [0.29, 0.717) is 15.7 Å². The highest BCUT2D eigenvalue weighted by atomic mass is 35.5. The zero-order valence-electron chi connectivity index (χ0n) is 14.5. The summed E-state index contributed by atoms with van der Waals surface area (Å²) >= 11 is 13.2. The van der Waals surface area contributed by atoms with E-state index in [1.165, 1.54) is 6.33 Å². The molecule has 2 aromatic carbocycles. The molecule has 0 saturated carbocycles. The molecule has 2 heterocycles. The Morgan fingerprint density at radius 1 is 1.00 bits per heavy atom. The van der Waals surface area contributed by atoms with Gasteiger partial charge in [0.2, 0.25) is 5.82 Å². The Morgan fingerprint density at radius 3 is 2.52 bits per heavy atom. The van der Waals surface area contributed by atoms with Gasteiger partial charge in [0, 0.05) is 32.2 Å². The van der Waals surface area contributed by atoms with E-state index in [-0.39, 0.29) is 16.5 Å². The van der Waals surface area contributed by atoms with Crippen LogP contribution in [0.15, 0.2) is 71.0 Å². The smallest absolute Gasteiger partial charge is 0.334 e. The van der Waals surface area contributed by atoms with Crippen LogP contribution in [0.3, 0.4) is 0 Å². The van der Waals surface area contributed by atoms with Gasteiger partial charge in [-0.25, -0.2) is 9.97 Å². The molecule has 0 unspecified atom stereocenters. The number of benzene rings is 2. The van der Waals surface area contributed by atoms with E-state index in [4.69, 9.17) is 23.2 Å². The third kappa shape index (κ3) is 4.24. The van der Waals surface area contributed by atoms with Crippen molar-refractivity contribution in [2.24, 2.45) is 0 Å². The van der Waals surface area contributed by atoms with Crippen molar-refractivity contribution in [1.82, 2.24) is 15.0 Å². The number of nitro groups is 1. The van der Waals surface area contributed by atoms with Gasteiger partial charge in [0.1, 0.15) is 6.33 Å². The van der Waals surface area contributed by atoms with E-state index in [1.807, 2.05) is 30.3 Å². The molecule has 0 aliphatic rings. The number of nitrogens with zero attached hydrogens (tertiary/aromatic N) is 4. The van der Waals surface area contributed by atoms with Crippen LogP contribution in [-0.4, -0.2) is 19.9 Å². The summed E-state index contributed by atoms with van der Waals surface area (Å²) in [6, 6.07) is 14.2. The molecule has 1 N–H and O–H groups in total. The predicted molar refractivity (Wildman–Crippen MR) is 114 cm³/mol. The first kappa shape index (κ1) is 19.4. The minimum absolute atomic E-state index is 0.0408. The SMILES string of the molecule is O=[N+]([O-])c1c(Nc2cc(Cl)cc(Cl)c2)ncnc1Sc1cccc2cccnc12. The fourth-order valence-corrected chi connectivity index (χ4v) is 4.23. The van der Waals surface area contributed by atoms with E-state index in [2.05, 4.69) is 20.3 Å². The lowest BCUT2D eigenvalue weighted by atomic mass is 10.2. The first-order valence-corrected chi connectivity index (χ1v) is 9.82. The van der Waals surface area contributed by atoms with Crippen molar-refractivity contribution in [3.8, 4) is 0 Å². The predicted octanol–water partition coefficient (Wildman–Crippen LogP) is 6.13. The summed E-state index contributed by atoms with van der Waals surface area (Å²) < 4.78 is 0. The second-order valence-corrected chi connectivity index (χ2v) is 7.75. The highest BCUT2D eigenvalue weighted by Gasteiger charge is 2.24. The highest BCUT2D eigenvalue weighted by Crippen LogP contribution is 2.39. The van der Waals surface area contributed by atoms with Crippen LogP contribution < -0.4 is 5.32 Å². The second-order valence-electron chi connectivity index (χ2n) is 5.85. The Hall–Kier alpha value is -2.94. The van der Waals surface area contributed by atoms with Crippen LogP contribution in [0.1, 0.15) is 0 Å². The van der Waals surface area contributed by atoms with Gasteiger partial charge < -0.3 is 5.32 Å². The average molecular weight is 444 g/mol. The Balaban J connectivity index is 1.76. The van der Waals surface area contributed by atoms with Crippen molar-refractivity contribution in [1.29, 1.82) is 0 Å². The lowest BCUT2D eigenvalue weighted by Gasteiger charge is -2.10. The molecule has 0 spiro atoms. The fourth-order valence-electron chi connectivity index (χ4n) is 2.72. The molecule has 0 atom stereocenters. The molecule has 0 fully saturated rings. The summed E-state index contributed by atoms with van der Waals surface area (Å²) in [5, 5.41) is 16.7. The molecule has 7 nitrogen and oxygen atoms in total. The highest BCUT2D eigenvalue weighted by molar-refractivity contribution is 7.99. The molecule has 0 saturated heterocycles. The maximum absolute atomic E-state index is 11.8. The monoisotopic (exact) mass is 443 g/mol.